The van der Waals surface area contributed by atoms with Crippen molar-refractivity contribution in [3.8, 4) is 17.6 Å². The van der Waals surface area contributed by atoms with Gasteiger partial charge in [-0.2, -0.15) is 0 Å². The van der Waals surface area contributed by atoms with E-state index in [4.69, 9.17) is 4.74 Å². The zero-order chi connectivity index (χ0) is 21.3. The first-order valence-corrected chi connectivity index (χ1v) is 12.0. The van der Waals surface area contributed by atoms with Crippen molar-refractivity contribution in [1.29, 1.82) is 0 Å². The topological polar surface area (TPSA) is 92.8 Å². The highest BCUT2D eigenvalue weighted by molar-refractivity contribution is 7.92. The number of benzene rings is 1. The van der Waals surface area contributed by atoms with Gasteiger partial charge >= 0.3 is 0 Å². The standard InChI is InChI=1S/C22H26N2O5S/c1-29-17-4-2-3-16(11-17)19-13-20(19)23-21(25)12-18-14-24(9-10-30(18,27)28)22(26)8-7-15-5-6-15/h2-4,11,15,18-20H,5-6,9-10,12-14H2,1H3,(H,23,25)/t18?,19-,20+/m0/s1. The van der Waals surface area contributed by atoms with Gasteiger partial charge in [-0.05, 0) is 42.9 Å². The van der Waals surface area contributed by atoms with Crippen LogP contribution in [0.1, 0.15) is 37.2 Å². The normalized spacial score (nSPS) is 26.8. The van der Waals surface area contributed by atoms with Gasteiger partial charge in [-0.3, -0.25) is 9.59 Å². The molecule has 0 bridgehead atoms. The molecule has 8 heteroatoms. The molecule has 1 aromatic rings. The number of hydrogen-bond acceptors (Lipinski definition) is 5. The first-order chi connectivity index (χ1) is 14.4. The van der Waals surface area contributed by atoms with E-state index in [0.29, 0.717) is 5.92 Å². The minimum Gasteiger partial charge on any atom is -0.497 e. The van der Waals surface area contributed by atoms with E-state index >= 15 is 0 Å². The van der Waals surface area contributed by atoms with Crippen LogP contribution in [0.5, 0.6) is 5.75 Å². The third kappa shape index (κ3) is 4.96. The molecule has 3 atom stereocenters. The van der Waals surface area contributed by atoms with E-state index in [1.165, 1.54) is 4.90 Å². The second-order valence-corrected chi connectivity index (χ2v) is 10.7. The van der Waals surface area contributed by atoms with Crippen LogP contribution in [0.3, 0.4) is 0 Å². The molecule has 1 N–H and O–H groups in total. The Labute approximate surface area is 177 Å². The highest BCUT2D eigenvalue weighted by Crippen LogP contribution is 2.41. The highest BCUT2D eigenvalue weighted by atomic mass is 32.2. The molecule has 7 nitrogen and oxygen atoms in total. The number of hydrogen-bond donors (Lipinski definition) is 1. The van der Waals surface area contributed by atoms with Crippen LogP contribution in [0.2, 0.25) is 0 Å². The second kappa shape index (κ2) is 8.31. The summed E-state index contributed by atoms with van der Waals surface area (Å²) in [5.74, 6) is 6.06. The molecule has 1 aliphatic heterocycles. The molecule has 3 aliphatic rings. The van der Waals surface area contributed by atoms with E-state index in [9.17, 15) is 18.0 Å². The number of amides is 2. The Bertz CT molecular complexity index is 1010. The van der Waals surface area contributed by atoms with Gasteiger partial charge in [0.25, 0.3) is 5.91 Å². The molecule has 4 rings (SSSR count). The van der Waals surface area contributed by atoms with Gasteiger partial charge in [0.15, 0.2) is 9.84 Å². The average Bonchev–Trinajstić information content (AvgIpc) is 3.64. The third-order valence-electron chi connectivity index (χ3n) is 5.90. The van der Waals surface area contributed by atoms with E-state index in [-0.39, 0.29) is 49.0 Å². The molecule has 0 aromatic heterocycles. The van der Waals surface area contributed by atoms with Crippen LogP contribution >= 0.6 is 0 Å². The number of nitrogens with one attached hydrogen (secondary N) is 1. The summed E-state index contributed by atoms with van der Waals surface area (Å²) in [7, 11) is -1.80. The van der Waals surface area contributed by atoms with Crippen molar-refractivity contribution >= 4 is 21.7 Å². The summed E-state index contributed by atoms with van der Waals surface area (Å²) in [5, 5.41) is 2.06. The highest BCUT2D eigenvalue weighted by Gasteiger charge is 2.41. The van der Waals surface area contributed by atoms with Gasteiger partial charge in [0, 0.05) is 37.4 Å². The van der Waals surface area contributed by atoms with Crippen molar-refractivity contribution in [1.82, 2.24) is 10.2 Å². The predicted octanol–water partition coefficient (Wildman–Crippen LogP) is 1.10. The largest absolute Gasteiger partial charge is 0.497 e. The fraction of sp³-hybridized carbons (Fsp3) is 0.545. The summed E-state index contributed by atoms with van der Waals surface area (Å²) in [6.07, 6.45) is 2.73. The Morgan fingerprint density at radius 3 is 2.83 bits per heavy atom. The predicted molar refractivity (Wildman–Crippen MR) is 112 cm³/mol. The Hall–Kier alpha value is -2.53. The van der Waals surface area contributed by atoms with Gasteiger partial charge in [-0.25, -0.2) is 8.42 Å². The van der Waals surface area contributed by atoms with Crippen molar-refractivity contribution < 1.29 is 22.7 Å². The lowest BCUT2D eigenvalue weighted by Gasteiger charge is -2.31. The fourth-order valence-corrected chi connectivity index (χ4v) is 5.39. The number of carbonyl (C=O) groups is 2. The van der Waals surface area contributed by atoms with Crippen LogP contribution in [0.4, 0.5) is 0 Å². The van der Waals surface area contributed by atoms with Crippen LogP contribution < -0.4 is 10.1 Å². The molecular weight excluding hydrogens is 404 g/mol. The smallest absolute Gasteiger partial charge is 0.298 e. The Morgan fingerprint density at radius 1 is 1.30 bits per heavy atom. The van der Waals surface area contributed by atoms with Crippen molar-refractivity contribution in [2.24, 2.45) is 5.92 Å². The number of nitrogens with zero attached hydrogens (tertiary/aromatic N) is 1. The van der Waals surface area contributed by atoms with Gasteiger partial charge < -0.3 is 15.0 Å². The third-order valence-corrected chi connectivity index (χ3v) is 7.98. The van der Waals surface area contributed by atoms with Crippen LogP contribution in [-0.4, -0.2) is 62.4 Å². The van der Waals surface area contributed by atoms with Gasteiger partial charge in [0.2, 0.25) is 5.91 Å². The molecule has 1 aromatic carbocycles. The van der Waals surface area contributed by atoms with E-state index in [0.717, 1.165) is 30.6 Å². The molecule has 0 radical (unpaired) electrons. The maximum absolute atomic E-state index is 12.5. The second-order valence-electron chi connectivity index (χ2n) is 8.28. The maximum atomic E-state index is 12.5. The van der Waals surface area contributed by atoms with Gasteiger partial charge in [0.05, 0.1) is 18.1 Å². The summed E-state index contributed by atoms with van der Waals surface area (Å²) in [4.78, 5) is 26.2. The first-order valence-electron chi connectivity index (χ1n) is 10.3. The van der Waals surface area contributed by atoms with E-state index in [1.54, 1.807) is 7.11 Å². The van der Waals surface area contributed by atoms with Crippen LogP contribution in [0.25, 0.3) is 0 Å². The van der Waals surface area contributed by atoms with Gasteiger partial charge in [-0.1, -0.05) is 18.1 Å². The lowest BCUT2D eigenvalue weighted by molar-refractivity contribution is -0.126. The number of rotatable bonds is 5. The van der Waals surface area contributed by atoms with Crippen molar-refractivity contribution in [2.45, 2.75) is 42.9 Å². The van der Waals surface area contributed by atoms with E-state index in [1.807, 2.05) is 24.3 Å². The maximum Gasteiger partial charge on any atom is 0.298 e. The lowest BCUT2D eigenvalue weighted by atomic mass is 10.1. The van der Waals surface area contributed by atoms with Gasteiger partial charge in [-0.15, -0.1) is 0 Å². The van der Waals surface area contributed by atoms with Crippen molar-refractivity contribution in [3.05, 3.63) is 29.8 Å². The van der Waals surface area contributed by atoms with Crippen LogP contribution in [-0.2, 0) is 19.4 Å². The summed E-state index contributed by atoms with van der Waals surface area (Å²) in [5.41, 5.74) is 1.09. The number of carbonyl (C=O) groups excluding carboxylic acids is 2. The van der Waals surface area contributed by atoms with E-state index in [2.05, 4.69) is 17.2 Å². The Kier molecular flexibility index (Phi) is 5.74. The number of ether oxygens (including phenoxy) is 1. The van der Waals surface area contributed by atoms with Crippen molar-refractivity contribution in [3.63, 3.8) is 0 Å². The molecule has 30 heavy (non-hydrogen) atoms. The summed E-state index contributed by atoms with van der Waals surface area (Å²) in [6, 6.07) is 7.73. The molecule has 2 amide bonds. The lowest BCUT2D eigenvalue weighted by Crippen LogP contribution is -2.50. The molecule has 2 aliphatic carbocycles. The fourth-order valence-electron chi connectivity index (χ4n) is 3.77. The van der Waals surface area contributed by atoms with E-state index < -0.39 is 15.1 Å². The molecule has 1 unspecified atom stereocenters. The first kappa shape index (κ1) is 20.7. The number of methoxy groups -OCH3 is 1. The van der Waals surface area contributed by atoms with Gasteiger partial charge in [0.1, 0.15) is 5.75 Å². The minimum absolute atomic E-state index is 0.00181. The Morgan fingerprint density at radius 2 is 2.10 bits per heavy atom. The zero-order valence-electron chi connectivity index (χ0n) is 17.0. The summed E-state index contributed by atoms with van der Waals surface area (Å²) < 4.78 is 30.1. The summed E-state index contributed by atoms with van der Waals surface area (Å²) >= 11 is 0. The molecule has 2 saturated carbocycles. The SMILES string of the molecule is COc1cccc([C@@H]2C[C@H]2NC(=O)CC2CN(C(=O)C#CC3CC3)CCS2(=O)=O)c1. The molecule has 1 saturated heterocycles. The Balaban J connectivity index is 1.32. The molecule has 160 valence electrons. The molecular formula is C22H26N2O5S. The minimum atomic E-state index is -3.41. The number of sulfone groups is 1. The van der Waals surface area contributed by atoms with Crippen LogP contribution in [0, 0.1) is 17.8 Å². The average molecular weight is 431 g/mol. The summed E-state index contributed by atoms with van der Waals surface area (Å²) in [6.45, 7) is 0.164. The monoisotopic (exact) mass is 430 g/mol. The molecule has 3 fully saturated rings. The zero-order valence-corrected chi connectivity index (χ0v) is 17.8. The quantitative estimate of drug-likeness (QED) is 0.706. The molecule has 1 heterocycles. The molecule has 0 spiro atoms. The van der Waals surface area contributed by atoms with Crippen molar-refractivity contribution in [2.75, 3.05) is 26.0 Å². The van der Waals surface area contributed by atoms with Crippen LogP contribution in [0.15, 0.2) is 24.3 Å².